The molecule has 1 aromatic carbocycles. The standard InChI is InChI=1S/C12H13ClN2O3/c13-7-1-3-11(15(16)17)9(5-7)14-10-6-8-2-4-12(10)18-8/h1,3,5,8,10,12,14H,2,4,6H2. The Balaban J connectivity index is 1.83. The molecule has 0 aromatic heterocycles. The Morgan fingerprint density at radius 2 is 2.28 bits per heavy atom. The van der Waals surface area contributed by atoms with Crippen molar-refractivity contribution in [2.45, 2.75) is 37.5 Å². The van der Waals surface area contributed by atoms with Gasteiger partial charge in [0, 0.05) is 11.1 Å². The summed E-state index contributed by atoms with van der Waals surface area (Å²) in [5.41, 5.74) is 0.538. The van der Waals surface area contributed by atoms with Crippen molar-refractivity contribution in [1.29, 1.82) is 0 Å². The number of fused-ring (bicyclic) bond motifs is 2. The first-order chi connectivity index (χ1) is 8.63. The summed E-state index contributed by atoms with van der Waals surface area (Å²) in [5.74, 6) is 0. The minimum atomic E-state index is -0.396. The van der Waals surface area contributed by atoms with E-state index >= 15 is 0 Å². The minimum Gasteiger partial charge on any atom is -0.374 e. The van der Waals surface area contributed by atoms with Crippen LogP contribution in [0.25, 0.3) is 0 Å². The summed E-state index contributed by atoms with van der Waals surface area (Å²) >= 11 is 5.89. The molecule has 2 bridgehead atoms. The molecule has 96 valence electrons. The van der Waals surface area contributed by atoms with Gasteiger partial charge >= 0.3 is 0 Å². The van der Waals surface area contributed by atoms with Gasteiger partial charge in [0.15, 0.2) is 0 Å². The maximum atomic E-state index is 11.0. The van der Waals surface area contributed by atoms with E-state index in [1.165, 1.54) is 12.1 Å². The first kappa shape index (κ1) is 11.7. The Hall–Kier alpha value is -1.33. The third kappa shape index (κ3) is 2.04. The van der Waals surface area contributed by atoms with Crippen molar-refractivity contribution in [3.63, 3.8) is 0 Å². The maximum Gasteiger partial charge on any atom is 0.292 e. The fourth-order valence-corrected chi connectivity index (χ4v) is 2.94. The van der Waals surface area contributed by atoms with E-state index in [0.29, 0.717) is 16.8 Å². The molecule has 2 fully saturated rings. The van der Waals surface area contributed by atoms with Crippen LogP contribution in [0.3, 0.4) is 0 Å². The van der Waals surface area contributed by atoms with Crippen molar-refractivity contribution in [2.75, 3.05) is 5.32 Å². The summed E-state index contributed by atoms with van der Waals surface area (Å²) in [7, 11) is 0. The lowest BCUT2D eigenvalue weighted by atomic mass is 9.95. The third-order valence-electron chi connectivity index (χ3n) is 3.60. The molecular formula is C12H13ClN2O3. The van der Waals surface area contributed by atoms with E-state index in [1.807, 2.05) is 0 Å². The second-order valence-electron chi connectivity index (χ2n) is 4.78. The summed E-state index contributed by atoms with van der Waals surface area (Å²) in [6.45, 7) is 0. The number of anilines is 1. The number of nitro benzene ring substituents is 1. The molecule has 3 rings (SSSR count). The molecule has 0 amide bonds. The average molecular weight is 269 g/mol. The predicted octanol–water partition coefficient (Wildman–Crippen LogP) is 2.98. The fourth-order valence-electron chi connectivity index (χ4n) is 2.77. The minimum absolute atomic E-state index is 0.0576. The van der Waals surface area contributed by atoms with Gasteiger partial charge in [-0.3, -0.25) is 10.1 Å². The van der Waals surface area contributed by atoms with Gasteiger partial charge in [0.25, 0.3) is 5.69 Å². The molecular weight excluding hydrogens is 256 g/mol. The fraction of sp³-hybridized carbons (Fsp3) is 0.500. The number of benzene rings is 1. The highest BCUT2D eigenvalue weighted by molar-refractivity contribution is 6.31. The van der Waals surface area contributed by atoms with E-state index in [2.05, 4.69) is 5.32 Å². The van der Waals surface area contributed by atoms with Gasteiger partial charge in [0.2, 0.25) is 0 Å². The van der Waals surface area contributed by atoms with Crippen LogP contribution in [0.1, 0.15) is 19.3 Å². The number of nitro groups is 1. The topological polar surface area (TPSA) is 64.4 Å². The summed E-state index contributed by atoms with van der Waals surface area (Å²) < 4.78 is 5.72. The molecule has 2 heterocycles. The molecule has 2 aliphatic heterocycles. The van der Waals surface area contributed by atoms with Crippen molar-refractivity contribution in [1.82, 2.24) is 0 Å². The quantitative estimate of drug-likeness (QED) is 0.676. The number of hydrogen-bond donors (Lipinski definition) is 1. The Kier molecular flexibility index (Phi) is 2.87. The second-order valence-corrected chi connectivity index (χ2v) is 5.22. The number of rotatable bonds is 3. The van der Waals surface area contributed by atoms with Crippen LogP contribution in [0.2, 0.25) is 5.02 Å². The van der Waals surface area contributed by atoms with Gasteiger partial charge in [-0.15, -0.1) is 0 Å². The first-order valence-electron chi connectivity index (χ1n) is 5.99. The van der Waals surface area contributed by atoms with Crippen molar-refractivity contribution in [3.8, 4) is 0 Å². The van der Waals surface area contributed by atoms with Gasteiger partial charge in [0.05, 0.1) is 23.2 Å². The molecule has 6 heteroatoms. The molecule has 1 N–H and O–H groups in total. The molecule has 0 spiro atoms. The van der Waals surface area contributed by atoms with E-state index in [-0.39, 0.29) is 17.8 Å². The number of halogens is 1. The highest BCUT2D eigenvalue weighted by Crippen LogP contribution is 2.38. The largest absolute Gasteiger partial charge is 0.374 e. The highest BCUT2D eigenvalue weighted by atomic mass is 35.5. The van der Waals surface area contributed by atoms with Crippen molar-refractivity contribution < 1.29 is 9.66 Å². The summed E-state index contributed by atoms with van der Waals surface area (Å²) in [4.78, 5) is 10.6. The normalized spacial score (nSPS) is 29.5. The summed E-state index contributed by atoms with van der Waals surface area (Å²) in [6.07, 6.45) is 3.52. The van der Waals surface area contributed by atoms with Crippen LogP contribution in [0.5, 0.6) is 0 Å². The molecule has 2 aliphatic rings. The third-order valence-corrected chi connectivity index (χ3v) is 3.84. The van der Waals surface area contributed by atoms with E-state index in [9.17, 15) is 10.1 Å². The second kappa shape index (κ2) is 4.40. The molecule has 2 saturated heterocycles. The van der Waals surface area contributed by atoms with Gasteiger partial charge in [-0.1, -0.05) is 11.6 Å². The average Bonchev–Trinajstić information content (AvgIpc) is 2.90. The molecule has 0 aliphatic carbocycles. The van der Waals surface area contributed by atoms with Gasteiger partial charge in [0.1, 0.15) is 5.69 Å². The van der Waals surface area contributed by atoms with E-state index in [0.717, 1.165) is 19.3 Å². The molecule has 18 heavy (non-hydrogen) atoms. The molecule has 3 unspecified atom stereocenters. The van der Waals surface area contributed by atoms with Gasteiger partial charge < -0.3 is 10.1 Å². The molecule has 1 aromatic rings. The van der Waals surface area contributed by atoms with E-state index in [4.69, 9.17) is 16.3 Å². The smallest absolute Gasteiger partial charge is 0.292 e. The van der Waals surface area contributed by atoms with Crippen LogP contribution in [0, 0.1) is 10.1 Å². The molecule has 0 radical (unpaired) electrons. The van der Waals surface area contributed by atoms with Crippen LogP contribution in [-0.4, -0.2) is 23.2 Å². The molecule has 0 saturated carbocycles. The Labute approximate surface area is 109 Å². The van der Waals surface area contributed by atoms with Crippen LogP contribution in [-0.2, 0) is 4.74 Å². The monoisotopic (exact) mass is 268 g/mol. The zero-order valence-corrected chi connectivity index (χ0v) is 10.4. The number of ether oxygens (including phenoxy) is 1. The Morgan fingerprint density at radius 1 is 1.44 bits per heavy atom. The Morgan fingerprint density at radius 3 is 2.89 bits per heavy atom. The lowest BCUT2D eigenvalue weighted by molar-refractivity contribution is -0.384. The van der Waals surface area contributed by atoms with E-state index < -0.39 is 4.92 Å². The van der Waals surface area contributed by atoms with Gasteiger partial charge in [-0.2, -0.15) is 0 Å². The van der Waals surface area contributed by atoms with Crippen molar-refractivity contribution >= 4 is 23.0 Å². The van der Waals surface area contributed by atoms with Gasteiger partial charge in [-0.25, -0.2) is 0 Å². The van der Waals surface area contributed by atoms with Crippen molar-refractivity contribution in [3.05, 3.63) is 33.3 Å². The zero-order chi connectivity index (χ0) is 12.7. The van der Waals surface area contributed by atoms with Crippen LogP contribution < -0.4 is 5.32 Å². The molecule has 5 nitrogen and oxygen atoms in total. The number of nitrogens with one attached hydrogen (secondary N) is 1. The number of hydrogen-bond acceptors (Lipinski definition) is 4. The van der Waals surface area contributed by atoms with Gasteiger partial charge in [-0.05, 0) is 31.4 Å². The summed E-state index contributed by atoms with van der Waals surface area (Å²) in [5, 5.41) is 14.7. The number of nitrogens with zero attached hydrogens (tertiary/aromatic N) is 1. The Bertz CT molecular complexity index is 494. The lowest BCUT2D eigenvalue weighted by Crippen LogP contribution is -2.30. The molecule has 3 atom stereocenters. The van der Waals surface area contributed by atoms with Crippen molar-refractivity contribution in [2.24, 2.45) is 0 Å². The summed E-state index contributed by atoms with van der Waals surface area (Å²) in [6, 6.07) is 4.72. The first-order valence-corrected chi connectivity index (χ1v) is 6.37. The SMILES string of the molecule is O=[N+]([O-])c1ccc(Cl)cc1NC1CC2CCC1O2. The van der Waals surface area contributed by atoms with Crippen LogP contribution in [0.4, 0.5) is 11.4 Å². The van der Waals surface area contributed by atoms with Crippen LogP contribution >= 0.6 is 11.6 Å². The maximum absolute atomic E-state index is 11.0. The van der Waals surface area contributed by atoms with E-state index in [1.54, 1.807) is 6.07 Å². The highest BCUT2D eigenvalue weighted by Gasteiger charge is 2.41. The zero-order valence-electron chi connectivity index (χ0n) is 9.64. The van der Waals surface area contributed by atoms with Crippen LogP contribution in [0.15, 0.2) is 18.2 Å². The predicted molar refractivity (Wildman–Crippen MR) is 68.0 cm³/mol. The lowest BCUT2D eigenvalue weighted by Gasteiger charge is -2.21.